The smallest absolute Gasteiger partial charge is 0.272 e. The Bertz CT molecular complexity index is 712. The summed E-state index contributed by atoms with van der Waals surface area (Å²) >= 11 is 5.54. The van der Waals surface area contributed by atoms with E-state index in [2.05, 4.69) is 5.32 Å². The fraction of sp³-hybridized carbons (Fsp3) is 0.143. The molecule has 8 heteroatoms. The number of nitrogens with zero attached hydrogens (tertiary/aromatic N) is 1. The molecule has 0 aromatic heterocycles. The van der Waals surface area contributed by atoms with Crippen molar-refractivity contribution in [2.45, 2.75) is 6.10 Å². The van der Waals surface area contributed by atoms with Crippen molar-refractivity contribution in [3.05, 3.63) is 68.7 Å². The molecule has 0 aliphatic heterocycles. The van der Waals surface area contributed by atoms with Crippen LogP contribution in [0, 0.1) is 21.7 Å². The van der Waals surface area contributed by atoms with Crippen LogP contribution in [0.25, 0.3) is 0 Å². The third-order valence-electron chi connectivity index (χ3n) is 2.98. The van der Waals surface area contributed by atoms with Crippen LogP contribution in [0.1, 0.15) is 11.7 Å². The zero-order chi connectivity index (χ0) is 16.3. The summed E-state index contributed by atoms with van der Waals surface area (Å²) in [5.74, 6) is -1.48. The Balaban J connectivity index is 2.06. The number of non-ortho nitro benzene ring substituents is 1. The molecule has 1 unspecified atom stereocenters. The van der Waals surface area contributed by atoms with E-state index < -0.39 is 22.7 Å². The normalized spacial score (nSPS) is 12.0. The van der Waals surface area contributed by atoms with E-state index in [1.165, 1.54) is 18.2 Å². The van der Waals surface area contributed by atoms with Gasteiger partial charge in [-0.15, -0.1) is 0 Å². The van der Waals surface area contributed by atoms with E-state index in [4.69, 9.17) is 11.6 Å². The van der Waals surface area contributed by atoms with Gasteiger partial charge in [-0.1, -0.05) is 17.7 Å². The number of nitro benzene ring substituents is 1. The van der Waals surface area contributed by atoms with E-state index in [1.54, 1.807) is 0 Å². The first-order valence-corrected chi connectivity index (χ1v) is 6.57. The molecular formula is C14H11ClF2N2O3. The number of nitrogens with one attached hydrogen (secondary N) is 1. The summed E-state index contributed by atoms with van der Waals surface area (Å²) in [6.07, 6.45) is -1.10. The van der Waals surface area contributed by atoms with Gasteiger partial charge < -0.3 is 10.4 Å². The molecule has 0 aliphatic rings. The molecule has 0 bridgehead atoms. The number of nitro groups is 1. The van der Waals surface area contributed by atoms with Crippen molar-refractivity contribution in [2.75, 3.05) is 11.9 Å². The monoisotopic (exact) mass is 328 g/mol. The molecule has 0 aliphatic carbocycles. The number of halogens is 3. The van der Waals surface area contributed by atoms with Gasteiger partial charge >= 0.3 is 0 Å². The minimum Gasteiger partial charge on any atom is -0.387 e. The highest BCUT2D eigenvalue weighted by atomic mass is 35.5. The Kier molecular flexibility index (Phi) is 4.89. The first kappa shape index (κ1) is 16.1. The molecular weight excluding hydrogens is 318 g/mol. The van der Waals surface area contributed by atoms with Gasteiger partial charge in [0.15, 0.2) is 5.82 Å². The highest BCUT2D eigenvalue weighted by Crippen LogP contribution is 2.23. The predicted octanol–water partition coefficient (Wildman–Crippen LogP) is 3.67. The minimum atomic E-state index is -1.10. The van der Waals surface area contributed by atoms with Crippen LogP contribution in [0.3, 0.4) is 0 Å². The maximum absolute atomic E-state index is 13.7. The standard InChI is InChI=1S/C14H11ClF2N2O3/c15-10-3-1-8(5-11(10)16)14(20)7-18-13-4-2-9(19(21)22)6-12(13)17/h1-6,14,18,20H,7H2. The highest BCUT2D eigenvalue weighted by Gasteiger charge is 2.13. The van der Waals surface area contributed by atoms with Crippen LogP contribution >= 0.6 is 11.6 Å². The molecule has 0 heterocycles. The number of hydrogen-bond acceptors (Lipinski definition) is 4. The van der Waals surface area contributed by atoms with Gasteiger partial charge in [-0.3, -0.25) is 10.1 Å². The molecule has 1 atom stereocenters. The number of hydrogen-bond donors (Lipinski definition) is 2. The second kappa shape index (κ2) is 6.67. The second-order valence-electron chi connectivity index (χ2n) is 4.49. The zero-order valence-electron chi connectivity index (χ0n) is 11.1. The van der Waals surface area contributed by atoms with Crippen LogP contribution in [0.15, 0.2) is 36.4 Å². The lowest BCUT2D eigenvalue weighted by Crippen LogP contribution is -2.13. The van der Waals surface area contributed by atoms with Crippen molar-refractivity contribution in [1.29, 1.82) is 0 Å². The lowest BCUT2D eigenvalue weighted by Gasteiger charge is -2.14. The van der Waals surface area contributed by atoms with Gasteiger partial charge in [0.1, 0.15) is 5.82 Å². The second-order valence-corrected chi connectivity index (χ2v) is 4.90. The molecule has 0 spiro atoms. The van der Waals surface area contributed by atoms with Crippen molar-refractivity contribution in [3.63, 3.8) is 0 Å². The van der Waals surface area contributed by atoms with E-state index in [9.17, 15) is 24.0 Å². The molecule has 2 aromatic carbocycles. The number of aliphatic hydroxyl groups is 1. The topological polar surface area (TPSA) is 75.4 Å². The molecule has 2 aromatic rings. The Morgan fingerprint density at radius 1 is 1.23 bits per heavy atom. The Morgan fingerprint density at radius 2 is 1.95 bits per heavy atom. The molecule has 0 radical (unpaired) electrons. The SMILES string of the molecule is O=[N+]([O-])c1ccc(NCC(O)c2ccc(Cl)c(F)c2)c(F)c1. The summed E-state index contributed by atoms with van der Waals surface area (Å²) in [6, 6.07) is 6.95. The van der Waals surface area contributed by atoms with Crippen LogP contribution in [-0.4, -0.2) is 16.6 Å². The van der Waals surface area contributed by atoms with Gasteiger partial charge in [-0.25, -0.2) is 8.78 Å². The zero-order valence-corrected chi connectivity index (χ0v) is 11.8. The van der Waals surface area contributed by atoms with Crippen molar-refractivity contribution in [3.8, 4) is 0 Å². The molecule has 116 valence electrons. The molecule has 0 saturated carbocycles. The predicted molar refractivity (Wildman–Crippen MR) is 77.9 cm³/mol. The van der Waals surface area contributed by atoms with Crippen molar-refractivity contribution >= 4 is 23.0 Å². The van der Waals surface area contributed by atoms with Gasteiger partial charge in [0.05, 0.1) is 27.8 Å². The van der Waals surface area contributed by atoms with Gasteiger partial charge in [0.2, 0.25) is 0 Å². The summed E-state index contributed by atoms with van der Waals surface area (Å²) in [5, 5.41) is 23.0. The third kappa shape index (κ3) is 3.69. The Morgan fingerprint density at radius 3 is 2.55 bits per heavy atom. The lowest BCUT2D eigenvalue weighted by atomic mass is 10.1. The summed E-state index contributed by atoms with van der Waals surface area (Å²) in [4.78, 5) is 9.80. The van der Waals surface area contributed by atoms with Crippen LogP contribution in [0.5, 0.6) is 0 Å². The summed E-state index contributed by atoms with van der Waals surface area (Å²) in [5.41, 5.74) is -0.0980. The molecule has 0 saturated heterocycles. The van der Waals surface area contributed by atoms with Crippen LogP contribution in [-0.2, 0) is 0 Å². The maximum atomic E-state index is 13.7. The number of aliphatic hydroxyl groups excluding tert-OH is 1. The third-order valence-corrected chi connectivity index (χ3v) is 3.28. The van der Waals surface area contributed by atoms with Crippen molar-refractivity contribution in [2.24, 2.45) is 0 Å². The van der Waals surface area contributed by atoms with Gasteiger partial charge in [-0.2, -0.15) is 0 Å². The van der Waals surface area contributed by atoms with E-state index >= 15 is 0 Å². The number of rotatable bonds is 5. The van der Waals surface area contributed by atoms with Crippen LogP contribution < -0.4 is 5.32 Å². The lowest BCUT2D eigenvalue weighted by molar-refractivity contribution is -0.385. The van der Waals surface area contributed by atoms with E-state index in [1.807, 2.05) is 0 Å². The fourth-order valence-electron chi connectivity index (χ4n) is 1.81. The molecule has 0 fully saturated rings. The summed E-state index contributed by atoms with van der Waals surface area (Å²) in [7, 11) is 0. The quantitative estimate of drug-likeness (QED) is 0.648. The number of anilines is 1. The van der Waals surface area contributed by atoms with E-state index in [0.29, 0.717) is 0 Å². The Labute approximate surface area is 129 Å². The largest absolute Gasteiger partial charge is 0.387 e. The summed E-state index contributed by atoms with van der Waals surface area (Å²) < 4.78 is 27.0. The van der Waals surface area contributed by atoms with Crippen molar-refractivity contribution < 1.29 is 18.8 Å². The van der Waals surface area contributed by atoms with E-state index in [0.717, 1.165) is 18.2 Å². The molecule has 2 rings (SSSR count). The molecule has 22 heavy (non-hydrogen) atoms. The fourth-order valence-corrected chi connectivity index (χ4v) is 1.92. The van der Waals surface area contributed by atoms with E-state index in [-0.39, 0.29) is 28.5 Å². The average molecular weight is 329 g/mol. The Hall–Kier alpha value is -2.25. The number of benzene rings is 2. The first-order chi connectivity index (χ1) is 10.4. The van der Waals surface area contributed by atoms with Gasteiger partial charge in [0, 0.05) is 12.6 Å². The van der Waals surface area contributed by atoms with Crippen LogP contribution in [0.4, 0.5) is 20.2 Å². The van der Waals surface area contributed by atoms with Gasteiger partial charge in [0.25, 0.3) is 5.69 Å². The maximum Gasteiger partial charge on any atom is 0.272 e. The van der Waals surface area contributed by atoms with Gasteiger partial charge in [-0.05, 0) is 23.8 Å². The first-order valence-electron chi connectivity index (χ1n) is 6.19. The average Bonchev–Trinajstić information content (AvgIpc) is 2.48. The molecule has 5 nitrogen and oxygen atoms in total. The highest BCUT2D eigenvalue weighted by molar-refractivity contribution is 6.30. The molecule has 0 amide bonds. The van der Waals surface area contributed by atoms with Crippen LogP contribution in [0.2, 0.25) is 5.02 Å². The van der Waals surface area contributed by atoms with Crippen molar-refractivity contribution in [1.82, 2.24) is 0 Å². The molecule has 2 N–H and O–H groups in total. The summed E-state index contributed by atoms with van der Waals surface area (Å²) in [6.45, 7) is -0.101. The minimum absolute atomic E-state index is 0.000847.